The Morgan fingerprint density at radius 1 is 1.12 bits per heavy atom. The van der Waals surface area contributed by atoms with Gasteiger partial charge in [-0.3, -0.25) is 4.40 Å². The molecule has 0 unspecified atom stereocenters. The SMILES string of the molecule is CSc1ccc(-c2cn3c(F)c(C4CCNCC4)ccc3n2)cc1. The van der Waals surface area contributed by atoms with E-state index in [1.807, 2.05) is 30.5 Å². The standard InChI is InChI=1S/C19H20FN3S/c1-24-15-4-2-14(3-5-15)17-12-23-18(22-17)7-6-16(19(23)20)13-8-10-21-11-9-13/h2-7,12-13,21H,8-11H2,1H3. The van der Waals surface area contributed by atoms with E-state index in [4.69, 9.17) is 0 Å². The van der Waals surface area contributed by atoms with Crippen LogP contribution in [0.15, 0.2) is 47.5 Å². The molecule has 1 aromatic carbocycles. The lowest BCUT2D eigenvalue weighted by molar-refractivity contribution is 0.436. The first-order valence-corrected chi connectivity index (χ1v) is 9.51. The summed E-state index contributed by atoms with van der Waals surface area (Å²) < 4.78 is 16.6. The summed E-state index contributed by atoms with van der Waals surface area (Å²) in [6.07, 6.45) is 5.83. The van der Waals surface area contributed by atoms with Crippen molar-refractivity contribution >= 4 is 17.4 Å². The second-order valence-corrected chi connectivity index (χ2v) is 7.07. The van der Waals surface area contributed by atoms with Gasteiger partial charge in [0.05, 0.1) is 5.69 Å². The van der Waals surface area contributed by atoms with Gasteiger partial charge in [-0.25, -0.2) is 4.98 Å². The quantitative estimate of drug-likeness (QED) is 0.568. The first kappa shape index (κ1) is 15.7. The first-order chi connectivity index (χ1) is 11.8. The predicted octanol–water partition coefficient (Wildman–Crippen LogP) is 4.33. The van der Waals surface area contributed by atoms with Crippen molar-refractivity contribution in [2.24, 2.45) is 0 Å². The summed E-state index contributed by atoms with van der Waals surface area (Å²) in [4.78, 5) is 5.80. The van der Waals surface area contributed by atoms with Gasteiger partial charge >= 0.3 is 0 Å². The molecule has 1 N–H and O–H groups in total. The highest BCUT2D eigenvalue weighted by atomic mass is 32.2. The fraction of sp³-hybridized carbons (Fsp3) is 0.316. The van der Waals surface area contributed by atoms with Crippen molar-refractivity contribution in [3.63, 3.8) is 0 Å². The highest BCUT2D eigenvalue weighted by Crippen LogP contribution is 2.29. The zero-order valence-electron chi connectivity index (χ0n) is 13.6. The molecule has 3 nitrogen and oxygen atoms in total. The van der Waals surface area contributed by atoms with Crippen LogP contribution in [-0.4, -0.2) is 28.7 Å². The second-order valence-electron chi connectivity index (χ2n) is 6.19. The van der Waals surface area contributed by atoms with E-state index < -0.39 is 0 Å². The van der Waals surface area contributed by atoms with Gasteiger partial charge in [-0.2, -0.15) is 4.39 Å². The van der Waals surface area contributed by atoms with Gasteiger partial charge < -0.3 is 5.32 Å². The van der Waals surface area contributed by atoms with Crippen LogP contribution in [0.4, 0.5) is 4.39 Å². The molecular weight excluding hydrogens is 321 g/mol. The van der Waals surface area contributed by atoms with Crippen LogP contribution in [0.3, 0.4) is 0 Å². The molecular formula is C19H20FN3S. The number of nitrogens with one attached hydrogen (secondary N) is 1. The molecule has 0 radical (unpaired) electrons. The molecule has 0 atom stereocenters. The highest BCUT2D eigenvalue weighted by molar-refractivity contribution is 7.98. The van der Waals surface area contributed by atoms with Crippen LogP contribution in [0.2, 0.25) is 0 Å². The molecule has 0 saturated carbocycles. The maximum Gasteiger partial charge on any atom is 0.202 e. The van der Waals surface area contributed by atoms with Gasteiger partial charge in [0.15, 0.2) is 0 Å². The summed E-state index contributed by atoms with van der Waals surface area (Å²) in [5.41, 5.74) is 3.29. The topological polar surface area (TPSA) is 29.3 Å². The fourth-order valence-electron chi connectivity index (χ4n) is 3.38. The van der Waals surface area contributed by atoms with E-state index in [1.54, 1.807) is 16.2 Å². The molecule has 0 spiro atoms. The molecule has 1 saturated heterocycles. The lowest BCUT2D eigenvalue weighted by Gasteiger charge is -2.23. The Bertz CT molecular complexity index is 851. The molecule has 1 fully saturated rings. The van der Waals surface area contributed by atoms with Crippen LogP contribution in [0, 0.1) is 5.95 Å². The van der Waals surface area contributed by atoms with E-state index in [0.717, 1.165) is 42.8 Å². The molecule has 4 rings (SSSR count). The molecule has 2 aromatic heterocycles. The molecule has 5 heteroatoms. The smallest absolute Gasteiger partial charge is 0.202 e. The third-order valence-electron chi connectivity index (χ3n) is 4.76. The van der Waals surface area contributed by atoms with Crippen molar-refractivity contribution in [2.75, 3.05) is 19.3 Å². The number of imidazole rings is 1. The number of halogens is 1. The molecule has 1 aliphatic heterocycles. The Kier molecular flexibility index (Phi) is 4.29. The van der Waals surface area contributed by atoms with E-state index in [9.17, 15) is 0 Å². The van der Waals surface area contributed by atoms with Crippen molar-refractivity contribution in [3.05, 3.63) is 54.1 Å². The van der Waals surface area contributed by atoms with Crippen LogP contribution < -0.4 is 5.32 Å². The fourth-order valence-corrected chi connectivity index (χ4v) is 3.79. The lowest BCUT2D eigenvalue weighted by Crippen LogP contribution is -2.27. The van der Waals surface area contributed by atoms with Crippen LogP contribution in [0.5, 0.6) is 0 Å². The average Bonchev–Trinajstić information content (AvgIpc) is 3.08. The second kappa shape index (κ2) is 6.57. The minimum Gasteiger partial charge on any atom is -0.317 e. The van der Waals surface area contributed by atoms with Crippen LogP contribution in [0.1, 0.15) is 24.3 Å². The molecule has 24 heavy (non-hydrogen) atoms. The van der Waals surface area contributed by atoms with Crippen LogP contribution >= 0.6 is 11.8 Å². The Labute approximate surface area is 145 Å². The number of pyridine rings is 1. The van der Waals surface area contributed by atoms with E-state index in [-0.39, 0.29) is 5.95 Å². The van der Waals surface area contributed by atoms with E-state index in [1.165, 1.54) is 4.90 Å². The van der Waals surface area contributed by atoms with Crippen LogP contribution in [-0.2, 0) is 0 Å². The summed E-state index contributed by atoms with van der Waals surface area (Å²) in [7, 11) is 0. The number of hydrogen-bond acceptors (Lipinski definition) is 3. The average molecular weight is 341 g/mol. The zero-order valence-corrected chi connectivity index (χ0v) is 14.4. The van der Waals surface area contributed by atoms with Gasteiger partial charge in [0.2, 0.25) is 5.95 Å². The number of nitrogens with zero attached hydrogens (tertiary/aromatic N) is 2. The van der Waals surface area contributed by atoms with Crippen molar-refractivity contribution in [1.29, 1.82) is 0 Å². The number of benzene rings is 1. The van der Waals surface area contributed by atoms with Crippen molar-refractivity contribution in [2.45, 2.75) is 23.7 Å². The lowest BCUT2D eigenvalue weighted by atomic mass is 9.91. The monoisotopic (exact) mass is 341 g/mol. The van der Waals surface area contributed by atoms with Gasteiger partial charge in [0, 0.05) is 22.2 Å². The number of aromatic nitrogens is 2. The van der Waals surface area contributed by atoms with Crippen molar-refractivity contribution < 1.29 is 4.39 Å². The number of rotatable bonds is 3. The highest BCUT2D eigenvalue weighted by Gasteiger charge is 2.21. The third-order valence-corrected chi connectivity index (χ3v) is 5.50. The zero-order chi connectivity index (χ0) is 16.5. The summed E-state index contributed by atoms with van der Waals surface area (Å²) in [6.45, 7) is 1.91. The molecule has 124 valence electrons. The minimum absolute atomic E-state index is 0.168. The summed E-state index contributed by atoms with van der Waals surface area (Å²) in [6, 6.07) is 12.1. The molecule has 1 aliphatic rings. The summed E-state index contributed by atoms with van der Waals surface area (Å²) >= 11 is 1.71. The maximum atomic E-state index is 15.0. The van der Waals surface area contributed by atoms with Gasteiger partial charge in [0.1, 0.15) is 5.65 Å². The maximum absolute atomic E-state index is 15.0. The Balaban J connectivity index is 1.73. The summed E-state index contributed by atoms with van der Waals surface area (Å²) in [5.74, 6) is 0.126. The number of thioether (sulfide) groups is 1. The van der Waals surface area contributed by atoms with Gasteiger partial charge in [0.25, 0.3) is 0 Å². The number of hydrogen-bond donors (Lipinski definition) is 1. The first-order valence-electron chi connectivity index (χ1n) is 8.29. The molecule has 0 aliphatic carbocycles. The molecule has 3 aromatic rings. The largest absolute Gasteiger partial charge is 0.317 e. The number of fused-ring (bicyclic) bond motifs is 1. The minimum atomic E-state index is -0.168. The number of piperidine rings is 1. The van der Waals surface area contributed by atoms with Crippen LogP contribution in [0.25, 0.3) is 16.9 Å². The normalized spacial score (nSPS) is 15.9. The molecule has 0 amide bonds. The Morgan fingerprint density at radius 2 is 1.88 bits per heavy atom. The van der Waals surface area contributed by atoms with E-state index in [0.29, 0.717) is 11.6 Å². The van der Waals surface area contributed by atoms with Gasteiger partial charge in [-0.05, 0) is 56.3 Å². The van der Waals surface area contributed by atoms with Gasteiger partial charge in [-0.15, -0.1) is 11.8 Å². The molecule has 0 bridgehead atoms. The predicted molar refractivity (Wildman–Crippen MR) is 97.2 cm³/mol. The Hall–Kier alpha value is -1.85. The van der Waals surface area contributed by atoms with E-state index >= 15 is 4.39 Å². The third kappa shape index (κ3) is 2.82. The molecule has 3 heterocycles. The summed E-state index contributed by atoms with van der Waals surface area (Å²) in [5, 5.41) is 3.33. The van der Waals surface area contributed by atoms with Gasteiger partial charge in [-0.1, -0.05) is 18.2 Å². The van der Waals surface area contributed by atoms with Crippen molar-refractivity contribution in [1.82, 2.24) is 14.7 Å². The van der Waals surface area contributed by atoms with E-state index in [2.05, 4.69) is 28.7 Å². The van der Waals surface area contributed by atoms with Crippen molar-refractivity contribution in [3.8, 4) is 11.3 Å². The Morgan fingerprint density at radius 3 is 2.58 bits per heavy atom.